The van der Waals surface area contributed by atoms with Gasteiger partial charge in [0.25, 0.3) is 5.91 Å². The Morgan fingerprint density at radius 1 is 1.31 bits per heavy atom. The molecule has 1 aromatic rings. The highest BCUT2D eigenvalue weighted by Gasteiger charge is 2.00. The molecule has 0 aliphatic rings. The van der Waals surface area contributed by atoms with Gasteiger partial charge in [-0.25, -0.2) is 5.84 Å². The third-order valence-corrected chi connectivity index (χ3v) is 1.77. The molecule has 72 valence electrons. The lowest BCUT2D eigenvalue weighted by atomic mass is 10.2. The van der Waals surface area contributed by atoms with Crippen LogP contribution in [0.1, 0.15) is 24.2 Å². The Morgan fingerprint density at radius 2 is 1.77 bits per heavy atom. The second kappa shape index (κ2) is 6.62. The van der Waals surface area contributed by atoms with Crippen molar-refractivity contribution in [1.82, 2.24) is 5.43 Å². The zero-order chi connectivity index (χ0) is 10.3. The number of hydrogen-bond acceptors (Lipinski definition) is 2. The minimum Gasteiger partial charge on any atom is -0.290 e. The molecule has 0 atom stereocenters. The van der Waals surface area contributed by atoms with Gasteiger partial charge < -0.3 is 0 Å². The van der Waals surface area contributed by atoms with Gasteiger partial charge in [0.2, 0.25) is 0 Å². The summed E-state index contributed by atoms with van der Waals surface area (Å²) in [4.78, 5) is 10.9. The molecular formula is C9H13BrN2O. The lowest BCUT2D eigenvalue weighted by Gasteiger charge is -1.97. The molecule has 4 heteroatoms. The van der Waals surface area contributed by atoms with Crippen molar-refractivity contribution in [2.24, 2.45) is 5.84 Å². The van der Waals surface area contributed by atoms with Crippen LogP contribution < -0.4 is 11.3 Å². The molecule has 0 saturated carbocycles. The van der Waals surface area contributed by atoms with Crippen molar-refractivity contribution in [2.75, 3.05) is 0 Å². The molecular weight excluding hydrogens is 232 g/mol. The van der Waals surface area contributed by atoms with E-state index in [9.17, 15) is 4.79 Å². The second-order valence-corrected chi connectivity index (χ2v) is 2.90. The number of hydrazine groups is 1. The van der Waals surface area contributed by atoms with Crippen LogP contribution in [0.15, 0.2) is 28.7 Å². The van der Waals surface area contributed by atoms with Crippen LogP contribution >= 0.6 is 15.9 Å². The predicted octanol–water partition coefficient (Wildman–Crippen LogP) is 2.08. The predicted molar refractivity (Wildman–Crippen MR) is 57.1 cm³/mol. The Kier molecular flexibility index (Phi) is 6.18. The third-order valence-electron chi connectivity index (χ3n) is 1.24. The number of nitrogens with two attached hydrogens (primary N) is 1. The fourth-order valence-electron chi connectivity index (χ4n) is 0.685. The van der Waals surface area contributed by atoms with E-state index in [-0.39, 0.29) is 5.91 Å². The highest BCUT2D eigenvalue weighted by atomic mass is 79.9. The Hall–Kier alpha value is -0.870. The summed E-state index contributed by atoms with van der Waals surface area (Å²) >= 11 is 3.25. The Morgan fingerprint density at radius 3 is 2.15 bits per heavy atom. The van der Waals surface area contributed by atoms with E-state index >= 15 is 0 Å². The quantitative estimate of drug-likeness (QED) is 0.452. The molecule has 1 aromatic carbocycles. The van der Waals surface area contributed by atoms with Crippen LogP contribution in [-0.4, -0.2) is 5.91 Å². The standard InChI is InChI=1S/C7H7BrN2O.C2H6/c8-6-3-1-5(2-4-6)7(11)10-9;1-2/h1-4H,9H2,(H,10,11);1-2H3. The summed E-state index contributed by atoms with van der Waals surface area (Å²) in [6.45, 7) is 4.00. The van der Waals surface area contributed by atoms with Crippen LogP contribution in [0.3, 0.4) is 0 Å². The maximum atomic E-state index is 10.9. The summed E-state index contributed by atoms with van der Waals surface area (Å²) in [6.07, 6.45) is 0. The summed E-state index contributed by atoms with van der Waals surface area (Å²) in [5, 5.41) is 0. The summed E-state index contributed by atoms with van der Waals surface area (Å²) in [5.74, 6) is 4.65. The Labute approximate surface area is 86.4 Å². The fourth-order valence-corrected chi connectivity index (χ4v) is 0.949. The number of benzene rings is 1. The van der Waals surface area contributed by atoms with E-state index in [1.165, 1.54) is 0 Å². The van der Waals surface area contributed by atoms with Crippen molar-refractivity contribution in [3.8, 4) is 0 Å². The van der Waals surface area contributed by atoms with Gasteiger partial charge in [-0.05, 0) is 24.3 Å². The number of carbonyl (C=O) groups is 1. The molecule has 0 aliphatic carbocycles. The third kappa shape index (κ3) is 4.05. The van der Waals surface area contributed by atoms with Crippen molar-refractivity contribution in [3.63, 3.8) is 0 Å². The van der Waals surface area contributed by atoms with Gasteiger partial charge in [-0.3, -0.25) is 10.2 Å². The van der Waals surface area contributed by atoms with Crippen LogP contribution in [0.4, 0.5) is 0 Å². The second-order valence-electron chi connectivity index (χ2n) is 1.98. The molecule has 0 bridgehead atoms. The zero-order valence-corrected chi connectivity index (χ0v) is 9.26. The van der Waals surface area contributed by atoms with Gasteiger partial charge in [-0.2, -0.15) is 0 Å². The number of hydrogen-bond donors (Lipinski definition) is 2. The number of rotatable bonds is 1. The SMILES string of the molecule is CC.NNC(=O)c1ccc(Br)cc1. The number of nitrogen functional groups attached to an aromatic ring is 1. The minimum absolute atomic E-state index is 0.280. The molecule has 0 radical (unpaired) electrons. The Balaban J connectivity index is 0.000000671. The molecule has 3 nitrogen and oxygen atoms in total. The van der Waals surface area contributed by atoms with Crippen molar-refractivity contribution < 1.29 is 4.79 Å². The first-order chi connectivity index (χ1) is 6.24. The molecule has 13 heavy (non-hydrogen) atoms. The molecule has 1 rings (SSSR count). The smallest absolute Gasteiger partial charge is 0.265 e. The largest absolute Gasteiger partial charge is 0.290 e. The average molecular weight is 245 g/mol. The first-order valence-electron chi connectivity index (χ1n) is 4.00. The van der Waals surface area contributed by atoms with Crippen LogP contribution in [0.25, 0.3) is 0 Å². The van der Waals surface area contributed by atoms with Gasteiger partial charge in [-0.1, -0.05) is 29.8 Å². The van der Waals surface area contributed by atoms with Crippen LogP contribution in [0, 0.1) is 0 Å². The van der Waals surface area contributed by atoms with Gasteiger partial charge in [0, 0.05) is 10.0 Å². The molecule has 0 unspecified atom stereocenters. The van der Waals surface area contributed by atoms with Crippen molar-refractivity contribution in [1.29, 1.82) is 0 Å². The minimum atomic E-state index is -0.280. The fraction of sp³-hybridized carbons (Fsp3) is 0.222. The van der Waals surface area contributed by atoms with E-state index in [1.54, 1.807) is 24.3 Å². The normalized spacial score (nSPS) is 8.31. The van der Waals surface area contributed by atoms with Gasteiger partial charge in [0.15, 0.2) is 0 Å². The maximum Gasteiger partial charge on any atom is 0.265 e. The molecule has 0 aliphatic heterocycles. The molecule has 0 aromatic heterocycles. The van der Waals surface area contributed by atoms with Gasteiger partial charge >= 0.3 is 0 Å². The molecule has 0 spiro atoms. The van der Waals surface area contributed by atoms with Crippen molar-refractivity contribution >= 4 is 21.8 Å². The summed E-state index contributed by atoms with van der Waals surface area (Å²) in [6, 6.07) is 6.94. The summed E-state index contributed by atoms with van der Waals surface area (Å²) in [7, 11) is 0. The van der Waals surface area contributed by atoms with E-state index < -0.39 is 0 Å². The number of halogens is 1. The van der Waals surface area contributed by atoms with E-state index in [0.29, 0.717) is 5.56 Å². The van der Waals surface area contributed by atoms with Crippen LogP contribution in [0.2, 0.25) is 0 Å². The van der Waals surface area contributed by atoms with E-state index in [1.807, 2.05) is 19.3 Å². The zero-order valence-electron chi connectivity index (χ0n) is 7.67. The van der Waals surface area contributed by atoms with E-state index in [2.05, 4.69) is 15.9 Å². The topological polar surface area (TPSA) is 55.1 Å². The van der Waals surface area contributed by atoms with E-state index in [0.717, 1.165) is 4.47 Å². The molecule has 0 saturated heterocycles. The van der Waals surface area contributed by atoms with Crippen molar-refractivity contribution in [2.45, 2.75) is 13.8 Å². The molecule has 0 heterocycles. The number of nitrogens with one attached hydrogen (secondary N) is 1. The van der Waals surface area contributed by atoms with Crippen LogP contribution in [-0.2, 0) is 0 Å². The highest BCUT2D eigenvalue weighted by molar-refractivity contribution is 9.10. The maximum absolute atomic E-state index is 10.9. The molecule has 1 amide bonds. The lowest BCUT2D eigenvalue weighted by molar-refractivity contribution is 0.0953. The van der Waals surface area contributed by atoms with Gasteiger partial charge in [0.05, 0.1) is 0 Å². The number of amides is 1. The molecule has 0 fully saturated rings. The van der Waals surface area contributed by atoms with Crippen LogP contribution in [0.5, 0.6) is 0 Å². The van der Waals surface area contributed by atoms with Gasteiger partial charge in [-0.15, -0.1) is 0 Å². The van der Waals surface area contributed by atoms with Gasteiger partial charge in [0.1, 0.15) is 0 Å². The highest BCUT2D eigenvalue weighted by Crippen LogP contribution is 2.09. The monoisotopic (exact) mass is 244 g/mol. The average Bonchev–Trinajstić information content (AvgIpc) is 2.21. The summed E-state index contributed by atoms with van der Waals surface area (Å²) in [5.41, 5.74) is 2.60. The first kappa shape index (κ1) is 12.1. The lowest BCUT2D eigenvalue weighted by Crippen LogP contribution is -2.29. The van der Waals surface area contributed by atoms with E-state index in [4.69, 9.17) is 5.84 Å². The first-order valence-corrected chi connectivity index (χ1v) is 4.80. The number of carbonyl (C=O) groups excluding carboxylic acids is 1. The van der Waals surface area contributed by atoms with Crippen molar-refractivity contribution in [3.05, 3.63) is 34.3 Å². The Bertz CT molecular complexity index is 259. The molecule has 3 N–H and O–H groups in total. The summed E-state index contributed by atoms with van der Waals surface area (Å²) < 4.78 is 0.936.